The van der Waals surface area contributed by atoms with Gasteiger partial charge in [0.1, 0.15) is 10.1 Å². The number of hydrogen-bond acceptors (Lipinski definition) is 3. The summed E-state index contributed by atoms with van der Waals surface area (Å²) in [5.41, 5.74) is 1.84. The van der Waals surface area contributed by atoms with Crippen LogP contribution in [0.5, 0.6) is 0 Å². The quantitative estimate of drug-likeness (QED) is 0.174. The molecule has 0 radical (unpaired) electrons. The Labute approximate surface area is 225 Å². The zero-order valence-corrected chi connectivity index (χ0v) is 24.1. The van der Waals surface area contributed by atoms with Crippen LogP contribution >= 0.6 is 0 Å². The Morgan fingerprint density at radius 1 is 0.606 bits per heavy atom. The fourth-order valence-electron chi connectivity index (χ4n) is 4.70. The van der Waals surface area contributed by atoms with Crippen molar-refractivity contribution in [3.63, 3.8) is 0 Å². The molecule has 0 saturated heterocycles. The largest absolute Gasteiger partial charge is 1.00 e. The summed E-state index contributed by atoms with van der Waals surface area (Å²) in [6, 6.07) is 9.72. The van der Waals surface area contributed by atoms with Crippen molar-refractivity contribution in [2.24, 2.45) is 0 Å². The molecule has 0 aliphatic heterocycles. The number of aryl methyl sites for hydroxylation is 2. The van der Waals surface area contributed by atoms with Crippen LogP contribution in [0.25, 0.3) is 10.8 Å². The summed E-state index contributed by atoms with van der Waals surface area (Å²) in [6.07, 6.45) is 18.6. The van der Waals surface area contributed by atoms with Crippen molar-refractivity contribution in [3.05, 3.63) is 41.5 Å². The van der Waals surface area contributed by atoms with E-state index in [-0.39, 0.29) is 34.5 Å². The van der Waals surface area contributed by atoms with Gasteiger partial charge in [-0.25, -0.2) is 8.42 Å². The molecule has 0 bridgehead atoms. The number of benzene rings is 2. The Kier molecular flexibility index (Phi) is 15.9. The minimum Gasteiger partial charge on any atom is -0.744 e. The fraction of sp³-hybridized carbons (Fsp3) is 0.643. The molecule has 0 atom stereocenters. The molecule has 2 aromatic rings. The molecule has 0 fully saturated rings. The summed E-state index contributed by atoms with van der Waals surface area (Å²) in [5.74, 6) is 0. The smallest absolute Gasteiger partial charge is 0.744 e. The predicted octanol–water partition coefficient (Wildman–Crippen LogP) is 5.33. The van der Waals surface area contributed by atoms with E-state index >= 15 is 0 Å². The molecular weight excluding hydrogens is 439 g/mol. The van der Waals surface area contributed by atoms with Crippen LogP contribution in [0.1, 0.15) is 115 Å². The van der Waals surface area contributed by atoms with E-state index in [0.717, 1.165) is 36.6 Å². The Morgan fingerprint density at radius 3 is 1.61 bits per heavy atom. The van der Waals surface area contributed by atoms with Crippen molar-refractivity contribution in [2.45, 2.75) is 121 Å². The molecule has 0 heterocycles. The summed E-state index contributed by atoms with van der Waals surface area (Å²) in [5, 5.41) is 1.54. The second kappa shape index (κ2) is 17.1. The van der Waals surface area contributed by atoms with E-state index in [4.69, 9.17) is 0 Å². The van der Waals surface area contributed by atoms with Gasteiger partial charge in [0.15, 0.2) is 0 Å². The van der Waals surface area contributed by atoms with E-state index in [1.165, 1.54) is 70.6 Å². The van der Waals surface area contributed by atoms with Crippen LogP contribution in [0.4, 0.5) is 0 Å². The van der Waals surface area contributed by atoms with E-state index in [9.17, 15) is 13.0 Å². The van der Waals surface area contributed by atoms with Gasteiger partial charge in [0.2, 0.25) is 0 Å². The predicted molar refractivity (Wildman–Crippen MR) is 135 cm³/mol. The van der Waals surface area contributed by atoms with Crippen molar-refractivity contribution in [3.8, 4) is 0 Å². The van der Waals surface area contributed by atoms with Crippen LogP contribution in [0.2, 0.25) is 0 Å². The second-order valence-corrected chi connectivity index (χ2v) is 10.6. The first-order valence-electron chi connectivity index (χ1n) is 13.0. The van der Waals surface area contributed by atoms with Crippen LogP contribution in [0.3, 0.4) is 0 Å². The minimum atomic E-state index is -4.52. The van der Waals surface area contributed by atoms with Crippen LogP contribution in [0.15, 0.2) is 35.2 Å². The molecule has 3 nitrogen and oxygen atoms in total. The number of hydrogen-bond donors (Lipinski definition) is 0. The molecule has 0 N–H and O–H groups in total. The van der Waals surface area contributed by atoms with E-state index in [2.05, 4.69) is 19.9 Å². The molecule has 5 heteroatoms. The third-order valence-corrected chi connectivity index (χ3v) is 7.52. The molecule has 0 aliphatic rings. The fourth-order valence-corrected chi connectivity index (χ4v) is 5.63. The number of unbranched alkanes of at least 4 members (excludes halogenated alkanes) is 12. The maximum atomic E-state index is 12.2. The van der Waals surface area contributed by atoms with Crippen LogP contribution in [0, 0.1) is 0 Å². The van der Waals surface area contributed by atoms with E-state index in [1.807, 2.05) is 24.3 Å². The van der Waals surface area contributed by atoms with Gasteiger partial charge < -0.3 is 4.55 Å². The van der Waals surface area contributed by atoms with Crippen molar-refractivity contribution in [1.82, 2.24) is 0 Å². The maximum absolute atomic E-state index is 12.2. The van der Waals surface area contributed by atoms with Crippen LogP contribution < -0.4 is 29.6 Å². The van der Waals surface area contributed by atoms with Gasteiger partial charge in [0.05, 0.1) is 4.90 Å². The summed E-state index contributed by atoms with van der Waals surface area (Å²) in [7, 11) is -4.52. The molecule has 180 valence electrons. The molecule has 2 aromatic carbocycles. The third-order valence-electron chi connectivity index (χ3n) is 6.53. The van der Waals surface area contributed by atoms with E-state index in [0.29, 0.717) is 17.4 Å². The Hall–Kier alpha value is -0.390. The molecule has 0 aromatic heterocycles. The number of fused-ring (bicyclic) bond motifs is 1. The monoisotopic (exact) mass is 482 g/mol. The number of rotatable bonds is 17. The average Bonchev–Trinajstić information content (AvgIpc) is 2.76. The van der Waals surface area contributed by atoms with Gasteiger partial charge in [-0.1, -0.05) is 121 Å². The van der Waals surface area contributed by atoms with Gasteiger partial charge in [0, 0.05) is 0 Å². The maximum Gasteiger partial charge on any atom is 1.00 e. The first kappa shape index (κ1) is 30.6. The van der Waals surface area contributed by atoms with Crippen molar-refractivity contribution in [1.29, 1.82) is 0 Å². The van der Waals surface area contributed by atoms with Crippen molar-refractivity contribution < 1.29 is 42.5 Å². The molecule has 0 spiro atoms. The SMILES string of the molecule is CCCCCCCCCc1ccc2c(CCCCCCCCC)cccc2c1S(=O)(=O)[O-].[Na+]. The molecule has 0 amide bonds. The molecule has 33 heavy (non-hydrogen) atoms. The molecular formula is C28H43NaO3S. The van der Waals surface area contributed by atoms with E-state index in [1.54, 1.807) is 0 Å². The van der Waals surface area contributed by atoms with Gasteiger partial charge in [-0.15, -0.1) is 0 Å². The summed E-state index contributed by atoms with van der Waals surface area (Å²) in [4.78, 5) is 0.0161. The first-order chi connectivity index (χ1) is 15.5. The summed E-state index contributed by atoms with van der Waals surface area (Å²) in [6.45, 7) is 4.45. The molecule has 2 rings (SSSR count). The molecule has 0 unspecified atom stereocenters. The van der Waals surface area contributed by atoms with Crippen LogP contribution in [-0.2, 0) is 23.0 Å². The Bertz CT molecular complexity index is 909. The zero-order valence-electron chi connectivity index (χ0n) is 21.3. The zero-order chi connectivity index (χ0) is 23.2. The summed E-state index contributed by atoms with van der Waals surface area (Å²) < 4.78 is 36.6. The normalized spacial score (nSPS) is 11.6. The van der Waals surface area contributed by atoms with Gasteiger partial charge >= 0.3 is 29.6 Å². The summed E-state index contributed by atoms with van der Waals surface area (Å²) >= 11 is 0. The Morgan fingerprint density at radius 2 is 1.09 bits per heavy atom. The second-order valence-electron chi connectivity index (χ2n) is 9.26. The van der Waals surface area contributed by atoms with Crippen LogP contribution in [-0.4, -0.2) is 13.0 Å². The third kappa shape index (κ3) is 10.8. The minimum absolute atomic E-state index is 0. The van der Waals surface area contributed by atoms with Gasteiger partial charge in [-0.2, -0.15) is 0 Å². The van der Waals surface area contributed by atoms with Crippen molar-refractivity contribution in [2.75, 3.05) is 0 Å². The van der Waals surface area contributed by atoms with Gasteiger partial charge in [0.25, 0.3) is 0 Å². The molecule has 0 aliphatic carbocycles. The Balaban J connectivity index is 0.00000544. The van der Waals surface area contributed by atoms with Gasteiger partial charge in [-0.3, -0.25) is 0 Å². The molecule has 0 saturated carbocycles. The van der Waals surface area contributed by atoms with Crippen molar-refractivity contribution >= 4 is 20.9 Å². The topological polar surface area (TPSA) is 57.2 Å². The van der Waals surface area contributed by atoms with Gasteiger partial charge in [-0.05, 0) is 47.6 Å². The standard InChI is InChI=1S/C28H44O3S.Na/c1-3-5-7-9-11-13-15-18-24-20-17-21-27-26(24)23-22-25(28(27)32(29,30)31)19-16-14-12-10-8-6-4-2;/h17,20-23H,3-16,18-19H2,1-2H3,(H,29,30,31);/q;+1/p-1. The average molecular weight is 483 g/mol. The van der Waals surface area contributed by atoms with E-state index < -0.39 is 10.1 Å². The first-order valence-corrected chi connectivity index (χ1v) is 14.4.